The molecule has 1 amide bonds. The Morgan fingerprint density at radius 1 is 1.00 bits per heavy atom. The highest BCUT2D eigenvalue weighted by molar-refractivity contribution is 6.30. The molecule has 3 nitrogen and oxygen atoms in total. The monoisotopic (exact) mass is 302 g/mol. The molecule has 110 valence electrons. The zero-order chi connectivity index (χ0) is 15.1. The first kappa shape index (κ1) is 15.4. The predicted octanol–water partition coefficient (Wildman–Crippen LogP) is 4.34. The van der Waals surface area contributed by atoms with E-state index in [2.05, 4.69) is 29.7 Å². The maximum absolute atomic E-state index is 11.8. The van der Waals surface area contributed by atoms with Crippen molar-refractivity contribution >= 4 is 28.9 Å². The molecule has 0 aliphatic rings. The molecular weight excluding hydrogens is 284 g/mol. The molecule has 2 aromatic carbocycles. The summed E-state index contributed by atoms with van der Waals surface area (Å²) >= 11 is 5.80. The second-order valence-electron chi connectivity index (χ2n) is 4.86. The average Bonchev–Trinajstić information content (AvgIpc) is 2.49. The third-order valence-corrected chi connectivity index (χ3v) is 3.33. The number of anilines is 2. The number of carbonyl (C=O) groups excluding carboxylic acids is 1. The van der Waals surface area contributed by atoms with Gasteiger partial charge >= 0.3 is 0 Å². The van der Waals surface area contributed by atoms with Crippen molar-refractivity contribution < 1.29 is 4.79 Å². The number of carbonyl (C=O) groups is 1. The summed E-state index contributed by atoms with van der Waals surface area (Å²) in [4.78, 5) is 11.8. The Balaban J connectivity index is 1.81. The normalized spacial score (nSPS) is 10.2. The summed E-state index contributed by atoms with van der Waals surface area (Å²) in [6.07, 6.45) is 2.22. The number of benzene rings is 2. The molecule has 0 bridgehead atoms. The summed E-state index contributed by atoms with van der Waals surface area (Å²) in [6, 6.07) is 15.2. The van der Waals surface area contributed by atoms with Crippen LogP contribution in [-0.4, -0.2) is 12.5 Å². The molecule has 0 saturated heterocycles. The van der Waals surface area contributed by atoms with Gasteiger partial charge in [0.1, 0.15) is 0 Å². The van der Waals surface area contributed by atoms with E-state index in [-0.39, 0.29) is 12.5 Å². The second-order valence-corrected chi connectivity index (χ2v) is 5.29. The molecule has 0 aromatic heterocycles. The van der Waals surface area contributed by atoms with Crippen LogP contribution in [0.25, 0.3) is 0 Å². The Labute approximate surface area is 130 Å². The molecule has 0 spiro atoms. The van der Waals surface area contributed by atoms with Crippen LogP contribution in [-0.2, 0) is 11.2 Å². The minimum Gasteiger partial charge on any atom is -0.376 e. The minimum atomic E-state index is -0.0880. The first-order chi connectivity index (χ1) is 10.2. The van der Waals surface area contributed by atoms with E-state index >= 15 is 0 Å². The summed E-state index contributed by atoms with van der Waals surface area (Å²) in [5, 5.41) is 6.57. The molecule has 0 saturated carbocycles. The van der Waals surface area contributed by atoms with Gasteiger partial charge in [-0.05, 0) is 48.4 Å². The fourth-order valence-electron chi connectivity index (χ4n) is 2.00. The van der Waals surface area contributed by atoms with E-state index < -0.39 is 0 Å². The van der Waals surface area contributed by atoms with Crippen LogP contribution >= 0.6 is 11.6 Å². The third-order valence-electron chi connectivity index (χ3n) is 3.07. The van der Waals surface area contributed by atoms with Gasteiger partial charge in [-0.1, -0.05) is 37.1 Å². The lowest BCUT2D eigenvalue weighted by Crippen LogP contribution is -2.21. The van der Waals surface area contributed by atoms with Crippen molar-refractivity contribution in [2.75, 3.05) is 17.2 Å². The van der Waals surface area contributed by atoms with Gasteiger partial charge in [0, 0.05) is 16.4 Å². The molecule has 2 rings (SSSR count). The van der Waals surface area contributed by atoms with Crippen molar-refractivity contribution in [3.05, 3.63) is 59.1 Å². The van der Waals surface area contributed by atoms with Crippen LogP contribution in [0.15, 0.2) is 48.5 Å². The number of halogens is 1. The summed E-state index contributed by atoms with van der Waals surface area (Å²) < 4.78 is 0. The summed E-state index contributed by atoms with van der Waals surface area (Å²) in [6.45, 7) is 2.39. The summed E-state index contributed by atoms with van der Waals surface area (Å²) in [5.74, 6) is -0.0880. The van der Waals surface area contributed by atoms with Crippen molar-refractivity contribution in [2.45, 2.75) is 19.8 Å². The first-order valence-electron chi connectivity index (χ1n) is 7.05. The lowest BCUT2D eigenvalue weighted by Gasteiger charge is -2.08. The van der Waals surface area contributed by atoms with E-state index in [9.17, 15) is 4.79 Å². The Hall–Kier alpha value is -2.00. The van der Waals surface area contributed by atoms with E-state index in [4.69, 9.17) is 11.6 Å². The molecule has 0 radical (unpaired) electrons. The molecule has 21 heavy (non-hydrogen) atoms. The fourth-order valence-corrected chi connectivity index (χ4v) is 2.12. The maximum atomic E-state index is 11.8. The molecule has 0 aliphatic carbocycles. The highest BCUT2D eigenvalue weighted by atomic mass is 35.5. The number of hydrogen-bond acceptors (Lipinski definition) is 2. The van der Waals surface area contributed by atoms with Crippen molar-refractivity contribution in [1.82, 2.24) is 0 Å². The molecule has 0 fully saturated rings. The third kappa shape index (κ3) is 5.12. The molecular formula is C17H19ClN2O. The number of hydrogen-bond donors (Lipinski definition) is 2. The molecule has 0 atom stereocenters. The number of aryl methyl sites for hydroxylation is 1. The zero-order valence-corrected chi connectivity index (χ0v) is 12.8. The van der Waals surface area contributed by atoms with Crippen LogP contribution in [0.2, 0.25) is 5.02 Å². The van der Waals surface area contributed by atoms with Gasteiger partial charge in [0.15, 0.2) is 0 Å². The van der Waals surface area contributed by atoms with Gasteiger partial charge in [-0.2, -0.15) is 0 Å². The minimum absolute atomic E-state index is 0.0880. The molecule has 2 aromatic rings. The molecule has 0 unspecified atom stereocenters. The largest absolute Gasteiger partial charge is 0.376 e. The smallest absolute Gasteiger partial charge is 0.243 e. The van der Waals surface area contributed by atoms with E-state index in [0.29, 0.717) is 5.02 Å². The summed E-state index contributed by atoms with van der Waals surface area (Å²) in [5.41, 5.74) is 3.00. The van der Waals surface area contributed by atoms with Gasteiger partial charge in [-0.15, -0.1) is 0 Å². The molecule has 4 heteroatoms. The van der Waals surface area contributed by atoms with Crippen molar-refractivity contribution in [1.29, 1.82) is 0 Å². The van der Waals surface area contributed by atoms with E-state index in [0.717, 1.165) is 24.2 Å². The van der Waals surface area contributed by atoms with E-state index in [1.807, 2.05) is 12.1 Å². The van der Waals surface area contributed by atoms with Gasteiger partial charge in [0.25, 0.3) is 0 Å². The lowest BCUT2D eigenvalue weighted by atomic mass is 10.1. The number of amides is 1. The Bertz CT molecular complexity index is 579. The van der Waals surface area contributed by atoms with Crippen molar-refractivity contribution in [3.8, 4) is 0 Å². The van der Waals surface area contributed by atoms with Crippen LogP contribution in [0.4, 0.5) is 11.4 Å². The van der Waals surface area contributed by atoms with E-state index in [1.54, 1.807) is 24.3 Å². The standard InChI is InChI=1S/C17H19ClN2O/c1-2-3-13-4-8-15(9-5-13)19-12-17(21)20-16-10-6-14(18)7-11-16/h4-11,19H,2-3,12H2,1H3,(H,20,21). The second kappa shape index (κ2) is 7.70. The van der Waals surface area contributed by atoms with Crippen LogP contribution in [0.5, 0.6) is 0 Å². The van der Waals surface area contributed by atoms with Gasteiger partial charge in [-0.3, -0.25) is 4.79 Å². The van der Waals surface area contributed by atoms with Gasteiger partial charge in [0.05, 0.1) is 6.54 Å². The van der Waals surface area contributed by atoms with Gasteiger partial charge in [0.2, 0.25) is 5.91 Å². The average molecular weight is 303 g/mol. The van der Waals surface area contributed by atoms with Crippen molar-refractivity contribution in [2.24, 2.45) is 0 Å². The van der Waals surface area contributed by atoms with Crippen LogP contribution < -0.4 is 10.6 Å². The van der Waals surface area contributed by atoms with Crippen LogP contribution in [0, 0.1) is 0 Å². The molecule has 2 N–H and O–H groups in total. The quantitative estimate of drug-likeness (QED) is 0.833. The zero-order valence-electron chi connectivity index (χ0n) is 12.0. The molecule has 0 heterocycles. The van der Waals surface area contributed by atoms with Gasteiger partial charge in [-0.25, -0.2) is 0 Å². The van der Waals surface area contributed by atoms with Crippen LogP contribution in [0.1, 0.15) is 18.9 Å². The SMILES string of the molecule is CCCc1ccc(NCC(=O)Nc2ccc(Cl)cc2)cc1. The highest BCUT2D eigenvalue weighted by Crippen LogP contribution is 2.14. The van der Waals surface area contributed by atoms with E-state index in [1.165, 1.54) is 5.56 Å². The van der Waals surface area contributed by atoms with Crippen molar-refractivity contribution in [3.63, 3.8) is 0 Å². The first-order valence-corrected chi connectivity index (χ1v) is 7.43. The Morgan fingerprint density at radius 2 is 1.62 bits per heavy atom. The number of nitrogens with one attached hydrogen (secondary N) is 2. The van der Waals surface area contributed by atoms with Crippen LogP contribution in [0.3, 0.4) is 0 Å². The lowest BCUT2D eigenvalue weighted by molar-refractivity contribution is -0.114. The maximum Gasteiger partial charge on any atom is 0.243 e. The fraction of sp³-hybridized carbons (Fsp3) is 0.235. The number of rotatable bonds is 6. The Kier molecular flexibility index (Phi) is 5.64. The van der Waals surface area contributed by atoms with Gasteiger partial charge < -0.3 is 10.6 Å². The summed E-state index contributed by atoms with van der Waals surface area (Å²) in [7, 11) is 0. The molecule has 0 aliphatic heterocycles. The Morgan fingerprint density at radius 3 is 2.24 bits per heavy atom. The topological polar surface area (TPSA) is 41.1 Å². The highest BCUT2D eigenvalue weighted by Gasteiger charge is 2.02. The predicted molar refractivity (Wildman–Crippen MR) is 89.0 cm³/mol.